The van der Waals surface area contributed by atoms with Crippen molar-refractivity contribution in [1.29, 1.82) is 0 Å². The third kappa shape index (κ3) is 6.79. The average Bonchev–Trinajstić information content (AvgIpc) is 3.17. The molecular formula is C23H15Cl2F7N2O2. The van der Waals surface area contributed by atoms with Crippen LogP contribution in [0.15, 0.2) is 48.7 Å². The van der Waals surface area contributed by atoms with Gasteiger partial charge in [0.05, 0.1) is 28.0 Å². The van der Waals surface area contributed by atoms with Crippen LogP contribution in [0.25, 0.3) is 17.0 Å². The van der Waals surface area contributed by atoms with E-state index in [-0.39, 0.29) is 5.56 Å². The number of aromatic nitrogens is 1. The first-order valence-corrected chi connectivity index (χ1v) is 10.8. The fraction of sp³-hybridized carbons (Fsp3) is 0.217. The summed E-state index contributed by atoms with van der Waals surface area (Å²) in [6, 6.07) is 7.49. The van der Waals surface area contributed by atoms with Crippen molar-refractivity contribution in [2.45, 2.75) is 24.7 Å². The lowest BCUT2D eigenvalue weighted by Gasteiger charge is -2.18. The first-order chi connectivity index (χ1) is 16.7. The number of allylic oxidation sites excluding steroid dienone is 1. The molecule has 3 rings (SSSR count). The van der Waals surface area contributed by atoms with E-state index in [4.69, 9.17) is 23.2 Å². The quantitative estimate of drug-likeness (QED) is 0.260. The number of rotatable bonds is 6. The smallest absolute Gasteiger partial charge is 0.347 e. The number of halogens is 9. The van der Waals surface area contributed by atoms with Crippen LogP contribution in [0.3, 0.4) is 0 Å². The highest BCUT2D eigenvalue weighted by molar-refractivity contribution is 6.35. The van der Waals surface area contributed by atoms with E-state index in [0.29, 0.717) is 16.5 Å². The molecule has 1 atom stereocenters. The fourth-order valence-corrected chi connectivity index (χ4v) is 3.86. The van der Waals surface area contributed by atoms with Gasteiger partial charge in [0, 0.05) is 11.6 Å². The monoisotopic (exact) mass is 554 g/mol. The van der Waals surface area contributed by atoms with Gasteiger partial charge in [-0.15, -0.1) is 0 Å². The van der Waals surface area contributed by atoms with Gasteiger partial charge in [-0.2, -0.15) is 26.3 Å². The lowest BCUT2D eigenvalue weighted by atomic mass is 9.97. The third-order valence-electron chi connectivity index (χ3n) is 4.98. The molecule has 0 aliphatic heterocycles. The summed E-state index contributed by atoms with van der Waals surface area (Å²) in [6.07, 6.45) is -7.83. The van der Waals surface area contributed by atoms with E-state index in [1.54, 1.807) is 0 Å². The molecule has 1 aromatic heterocycles. The molecule has 0 saturated heterocycles. The molecule has 0 spiro atoms. The lowest BCUT2D eigenvalue weighted by Crippen LogP contribution is -2.34. The summed E-state index contributed by atoms with van der Waals surface area (Å²) in [5.74, 6) is -5.25. The normalized spacial score (nSPS) is 13.4. The van der Waals surface area contributed by atoms with Crippen LogP contribution in [0.1, 0.15) is 28.3 Å². The van der Waals surface area contributed by atoms with E-state index in [1.807, 2.05) is 5.32 Å². The molecule has 1 N–H and O–H groups in total. The fourth-order valence-electron chi connectivity index (χ4n) is 3.36. The predicted molar refractivity (Wildman–Crippen MR) is 120 cm³/mol. The topological polar surface area (TPSA) is 51.1 Å². The van der Waals surface area contributed by atoms with Gasteiger partial charge in [0.15, 0.2) is 5.82 Å². The van der Waals surface area contributed by atoms with Gasteiger partial charge in [-0.25, -0.2) is 4.39 Å². The van der Waals surface area contributed by atoms with Crippen molar-refractivity contribution in [1.82, 2.24) is 9.88 Å². The molecule has 3 aromatic rings. The predicted octanol–water partition coefficient (Wildman–Crippen LogP) is 7.16. The van der Waals surface area contributed by atoms with Crippen molar-refractivity contribution >= 4 is 52.0 Å². The number of alkyl halides is 6. The molecular weight excluding hydrogens is 540 g/mol. The Morgan fingerprint density at radius 3 is 2.22 bits per heavy atom. The second-order valence-electron chi connectivity index (χ2n) is 7.64. The molecule has 192 valence electrons. The Morgan fingerprint density at radius 2 is 1.64 bits per heavy atom. The van der Waals surface area contributed by atoms with Crippen LogP contribution in [-0.4, -0.2) is 35.3 Å². The van der Waals surface area contributed by atoms with Crippen molar-refractivity contribution in [3.8, 4) is 0 Å². The number of carbonyl (C=O) groups is 2. The summed E-state index contributed by atoms with van der Waals surface area (Å²) in [5.41, 5.74) is 0.298. The van der Waals surface area contributed by atoms with E-state index in [0.717, 1.165) is 22.8 Å². The van der Waals surface area contributed by atoms with Crippen LogP contribution in [0.2, 0.25) is 10.0 Å². The number of hydrogen-bond donors (Lipinski definition) is 1. The molecule has 2 aromatic carbocycles. The summed E-state index contributed by atoms with van der Waals surface area (Å²) in [5, 5.41) is 1.23. The van der Waals surface area contributed by atoms with Gasteiger partial charge < -0.3 is 5.32 Å². The number of hydrogen-bond acceptors (Lipinski definition) is 2. The summed E-state index contributed by atoms with van der Waals surface area (Å²) in [6.45, 7) is -0.684. The number of fused-ring (bicyclic) bond motifs is 1. The molecule has 0 fully saturated rings. The molecule has 13 heteroatoms. The molecule has 36 heavy (non-hydrogen) atoms. The highest BCUT2D eigenvalue weighted by Gasteiger charge is 2.39. The Hall–Kier alpha value is -3.05. The van der Waals surface area contributed by atoms with Crippen LogP contribution in [0.4, 0.5) is 30.7 Å². The summed E-state index contributed by atoms with van der Waals surface area (Å²) >= 11 is 11.3. The Balaban J connectivity index is 1.80. The van der Waals surface area contributed by atoms with Gasteiger partial charge in [-0.05, 0) is 41.5 Å². The lowest BCUT2D eigenvalue weighted by molar-refractivity contribution is -0.153. The SMILES string of the molecule is O=C(CC(F)(F)F)NCC(=O)n1ccc2cc(C=CC(c3cc(Cl)c(F)c(Cl)c3)C(F)(F)F)ccc21. The summed E-state index contributed by atoms with van der Waals surface area (Å²) in [4.78, 5) is 23.6. The van der Waals surface area contributed by atoms with Crippen LogP contribution < -0.4 is 5.32 Å². The summed E-state index contributed by atoms with van der Waals surface area (Å²) in [7, 11) is 0. The molecule has 1 heterocycles. The Morgan fingerprint density at radius 1 is 1.00 bits per heavy atom. The van der Waals surface area contributed by atoms with E-state index in [2.05, 4.69) is 0 Å². The van der Waals surface area contributed by atoms with Crippen molar-refractivity contribution in [3.05, 3.63) is 75.7 Å². The van der Waals surface area contributed by atoms with Crippen molar-refractivity contribution in [2.75, 3.05) is 6.54 Å². The van der Waals surface area contributed by atoms with E-state index in [1.165, 1.54) is 36.5 Å². The van der Waals surface area contributed by atoms with Gasteiger partial charge >= 0.3 is 12.4 Å². The molecule has 0 saturated carbocycles. The molecule has 4 nitrogen and oxygen atoms in total. The van der Waals surface area contributed by atoms with E-state index < -0.39 is 58.9 Å². The van der Waals surface area contributed by atoms with Gasteiger partial charge in [0.25, 0.3) is 0 Å². The Kier molecular flexibility index (Phi) is 8.04. The van der Waals surface area contributed by atoms with E-state index >= 15 is 0 Å². The second kappa shape index (κ2) is 10.5. The maximum atomic E-state index is 13.7. The second-order valence-corrected chi connectivity index (χ2v) is 8.46. The van der Waals surface area contributed by atoms with Gasteiger partial charge in [0.2, 0.25) is 11.8 Å². The highest BCUT2D eigenvalue weighted by Crippen LogP contribution is 2.39. The largest absolute Gasteiger partial charge is 0.399 e. The maximum absolute atomic E-state index is 13.7. The van der Waals surface area contributed by atoms with Crippen molar-refractivity contribution < 1.29 is 40.3 Å². The molecule has 0 radical (unpaired) electrons. The number of nitrogens with one attached hydrogen (secondary N) is 1. The minimum atomic E-state index is -4.74. The number of benzene rings is 2. The average molecular weight is 555 g/mol. The van der Waals surface area contributed by atoms with E-state index in [9.17, 15) is 40.3 Å². The van der Waals surface area contributed by atoms with Crippen LogP contribution in [0, 0.1) is 5.82 Å². The number of carbonyl (C=O) groups excluding carboxylic acids is 2. The van der Waals surface area contributed by atoms with Crippen LogP contribution in [-0.2, 0) is 4.79 Å². The maximum Gasteiger partial charge on any atom is 0.399 e. The van der Waals surface area contributed by atoms with Crippen LogP contribution >= 0.6 is 23.2 Å². The molecule has 0 bridgehead atoms. The molecule has 0 aliphatic rings. The highest BCUT2D eigenvalue weighted by atomic mass is 35.5. The number of amides is 1. The zero-order valence-electron chi connectivity index (χ0n) is 17.9. The minimum absolute atomic E-state index is 0.326. The third-order valence-corrected chi connectivity index (χ3v) is 5.53. The molecule has 1 amide bonds. The van der Waals surface area contributed by atoms with Gasteiger partial charge in [-0.1, -0.05) is 41.4 Å². The first kappa shape index (κ1) is 27.5. The zero-order valence-corrected chi connectivity index (χ0v) is 19.4. The minimum Gasteiger partial charge on any atom is -0.347 e. The molecule has 1 unspecified atom stereocenters. The first-order valence-electron chi connectivity index (χ1n) is 10.0. The zero-order chi connectivity index (χ0) is 26.8. The van der Waals surface area contributed by atoms with Crippen molar-refractivity contribution in [3.63, 3.8) is 0 Å². The standard InChI is InChI=1S/C23H15Cl2F7N2O2/c24-16-8-14(9-17(25)21(16)26)15(23(30,31)32)3-1-12-2-4-18-13(7-12)5-6-34(18)20(36)11-33-19(35)10-22(27,28)29/h1-9,15H,10-11H2,(H,33,35). The Labute approximate surface area is 209 Å². The number of nitrogens with zero attached hydrogens (tertiary/aromatic N) is 1. The van der Waals surface area contributed by atoms with Crippen LogP contribution in [0.5, 0.6) is 0 Å². The van der Waals surface area contributed by atoms with Gasteiger partial charge in [0.1, 0.15) is 6.42 Å². The summed E-state index contributed by atoms with van der Waals surface area (Å²) < 4.78 is 92.4. The van der Waals surface area contributed by atoms with Gasteiger partial charge in [-0.3, -0.25) is 14.2 Å². The molecule has 0 aliphatic carbocycles. The van der Waals surface area contributed by atoms with Crippen molar-refractivity contribution in [2.24, 2.45) is 0 Å². The Bertz CT molecular complexity index is 1310.